The number of ether oxygens (including phenoxy) is 1. The Morgan fingerprint density at radius 2 is 1.52 bits per heavy atom. The Balaban J connectivity index is 1.82. The lowest BCUT2D eigenvalue weighted by Gasteiger charge is -2.34. The Morgan fingerprint density at radius 3 is 2.12 bits per heavy atom. The highest BCUT2D eigenvalue weighted by atomic mass is 79.9. The minimum Gasteiger partial charge on any atom is -0.494 e. The van der Waals surface area contributed by atoms with Crippen LogP contribution < -0.4 is 14.4 Å². The number of benzene rings is 4. The number of sulfonamides is 1. The van der Waals surface area contributed by atoms with E-state index in [-0.39, 0.29) is 29.5 Å². The number of nitrogens with one attached hydrogen (secondary N) is 1. The number of amides is 2. The molecule has 1 atom stereocenters. The fourth-order valence-electron chi connectivity index (χ4n) is 5.05. The number of rotatable bonds is 16. The van der Waals surface area contributed by atoms with E-state index in [0.29, 0.717) is 39.0 Å². The lowest BCUT2D eigenvalue weighted by Crippen LogP contribution is -2.53. The lowest BCUT2D eigenvalue weighted by molar-refractivity contribution is -0.140. The van der Waals surface area contributed by atoms with Gasteiger partial charge in [-0.15, -0.1) is 0 Å². The monoisotopic (exact) mass is 773 g/mol. The fourth-order valence-corrected chi connectivity index (χ4v) is 7.25. The normalized spacial score (nSPS) is 11.9. The van der Waals surface area contributed by atoms with E-state index < -0.39 is 28.5 Å². The SMILES string of the molecule is CCCCNC(=O)[C@H](Cc1ccccc1)N(Cc1c(Cl)cccc1Cl)C(=O)CN(c1ccc(OCC)cc1)S(=O)(=O)c1ccc(Br)cc1. The molecule has 12 heteroatoms. The molecule has 4 rings (SSSR count). The van der Waals surface area contributed by atoms with Gasteiger partial charge in [-0.1, -0.05) is 88.9 Å². The van der Waals surface area contributed by atoms with E-state index in [2.05, 4.69) is 21.2 Å². The zero-order valence-electron chi connectivity index (χ0n) is 26.7. The van der Waals surface area contributed by atoms with Crippen molar-refractivity contribution >= 4 is 66.7 Å². The van der Waals surface area contributed by atoms with Crippen LogP contribution in [0, 0.1) is 0 Å². The Labute approximate surface area is 301 Å². The smallest absolute Gasteiger partial charge is 0.264 e. The third-order valence-electron chi connectivity index (χ3n) is 7.61. The van der Waals surface area contributed by atoms with Gasteiger partial charge in [0.2, 0.25) is 11.8 Å². The number of carbonyl (C=O) groups is 2. The van der Waals surface area contributed by atoms with Crippen LogP contribution in [-0.2, 0) is 32.6 Å². The van der Waals surface area contributed by atoms with E-state index in [0.717, 1.165) is 22.7 Å². The van der Waals surface area contributed by atoms with Crippen LogP contribution in [0.15, 0.2) is 106 Å². The summed E-state index contributed by atoms with van der Waals surface area (Å²) in [5.41, 5.74) is 1.51. The molecule has 0 heterocycles. The molecule has 0 aliphatic heterocycles. The molecule has 0 unspecified atom stereocenters. The Morgan fingerprint density at radius 1 is 0.875 bits per heavy atom. The first-order chi connectivity index (χ1) is 23.0. The Hall–Kier alpha value is -3.57. The molecule has 0 bridgehead atoms. The molecule has 0 aliphatic carbocycles. The third kappa shape index (κ3) is 9.75. The zero-order valence-corrected chi connectivity index (χ0v) is 30.7. The van der Waals surface area contributed by atoms with Crippen molar-refractivity contribution in [2.24, 2.45) is 0 Å². The van der Waals surface area contributed by atoms with Crippen LogP contribution in [0.3, 0.4) is 0 Å². The molecular formula is C36H38BrCl2N3O5S. The van der Waals surface area contributed by atoms with E-state index in [4.69, 9.17) is 27.9 Å². The van der Waals surface area contributed by atoms with E-state index in [1.807, 2.05) is 44.2 Å². The first kappa shape index (κ1) is 37.3. The molecule has 4 aromatic rings. The molecule has 0 aromatic heterocycles. The number of carbonyl (C=O) groups excluding carboxylic acids is 2. The van der Waals surface area contributed by atoms with Crippen molar-refractivity contribution in [1.82, 2.24) is 10.2 Å². The zero-order chi connectivity index (χ0) is 34.7. The van der Waals surface area contributed by atoms with Gasteiger partial charge >= 0.3 is 0 Å². The summed E-state index contributed by atoms with van der Waals surface area (Å²) in [6, 6.07) is 26.0. The minimum absolute atomic E-state index is 0.00812. The van der Waals surface area contributed by atoms with Crippen molar-refractivity contribution in [3.05, 3.63) is 123 Å². The number of nitrogens with zero attached hydrogens (tertiary/aromatic N) is 2. The van der Waals surface area contributed by atoms with Gasteiger partial charge in [0.05, 0.1) is 17.2 Å². The number of hydrogen-bond donors (Lipinski definition) is 1. The lowest BCUT2D eigenvalue weighted by atomic mass is 10.0. The average Bonchev–Trinajstić information content (AvgIpc) is 3.07. The fraction of sp³-hybridized carbons (Fsp3) is 0.278. The van der Waals surface area contributed by atoms with Crippen molar-refractivity contribution in [3.8, 4) is 5.75 Å². The predicted octanol–water partition coefficient (Wildman–Crippen LogP) is 7.91. The van der Waals surface area contributed by atoms with Gasteiger partial charge < -0.3 is 15.0 Å². The van der Waals surface area contributed by atoms with Crippen molar-refractivity contribution in [2.45, 2.75) is 50.6 Å². The summed E-state index contributed by atoms with van der Waals surface area (Å²) >= 11 is 16.5. The molecule has 254 valence electrons. The van der Waals surface area contributed by atoms with E-state index >= 15 is 0 Å². The Bertz CT molecular complexity index is 1760. The summed E-state index contributed by atoms with van der Waals surface area (Å²) in [5, 5.41) is 3.60. The second-order valence-electron chi connectivity index (χ2n) is 11.0. The van der Waals surface area contributed by atoms with Gasteiger partial charge in [-0.2, -0.15) is 0 Å². The number of halogens is 3. The highest BCUT2D eigenvalue weighted by molar-refractivity contribution is 9.10. The highest BCUT2D eigenvalue weighted by Gasteiger charge is 2.35. The maximum absolute atomic E-state index is 14.6. The Kier molecular flexibility index (Phi) is 13.8. The molecular weight excluding hydrogens is 737 g/mol. The molecule has 2 amide bonds. The van der Waals surface area contributed by atoms with Gasteiger partial charge in [-0.25, -0.2) is 8.42 Å². The first-order valence-corrected chi connectivity index (χ1v) is 18.6. The van der Waals surface area contributed by atoms with Crippen molar-refractivity contribution in [1.29, 1.82) is 0 Å². The maximum atomic E-state index is 14.6. The summed E-state index contributed by atoms with van der Waals surface area (Å²) in [4.78, 5) is 29.9. The van der Waals surface area contributed by atoms with Crippen LogP contribution in [0.2, 0.25) is 10.0 Å². The van der Waals surface area contributed by atoms with Gasteiger partial charge in [-0.05, 0) is 79.6 Å². The van der Waals surface area contributed by atoms with Crippen molar-refractivity contribution in [3.63, 3.8) is 0 Å². The van der Waals surface area contributed by atoms with E-state index in [1.54, 1.807) is 54.6 Å². The number of unbranched alkanes of at least 4 members (excludes halogenated alkanes) is 1. The molecule has 48 heavy (non-hydrogen) atoms. The standard InChI is InChI=1S/C36H38BrCl2N3O5S/c1-3-5-22-40-36(44)34(23-26-10-7-6-8-11-26)41(24-31-32(38)12-9-13-33(31)39)35(43)25-42(28-16-18-29(19-17-28)47-4-2)48(45,46)30-20-14-27(37)15-21-30/h6-21,34H,3-5,22-25H2,1-2H3,(H,40,44)/t34-/m0/s1. The topological polar surface area (TPSA) is 96.0 Å². The molecule has 0 fully saturated rings. The van der Waals surface area contributed by atoms with Gasteiger partial charge in [0.15, 0.2) is 0 Å². The van der Waals surface area contributed by atoms with Gasteiger partial charge in [0.1, 0.15) is 18.3 Å². The molecule has 4 aromatic carbocycles. The number of anilines is 1. The second kappa shape index (κ2) is 17.7. The maximum Gasteiger partial charge on any atom is 0.264 e. The van der Waals surface area contributed by atoms with Crippen LogP contribution in [0.4, 0.5) is 5.69 Å². The largest absolute Gasteiger partial charge is 0.494 e. The van der Waals surface area contributed by atoms with Gasteiger partial charge in [-0.3, -0.25) is 13.9 Å². The van der Waals surface area contributed by atoms with Crippen LogP contribution >= 0.6 is 39.1 Å². The van der Waals surface area contributed by atoms with Gasteiger partial charge in [0, 0.05) is 39.6 Å². The van der Waals surface area contributed by atoms with Crippen LogP contribution in [0.1, 0.15) is 37.8 Å². The highest BCUT2D eigenvalue weighted by Crippen LogP contribution is 2.30. The summed E-state index contributed by atoms with van der Waals surface area (Å²) in [6.07, 6.45) is 1.80. The summed E-state index contributed by atoms with van der Waals surface area (Å²) in [6.45, 7) is 3.98. The first-order valence-electron chi connectivity index (χ1n) is 15.6. The summed E-state index contributed by atoms with van der Waals surface area (Å²) in [5.74, 6) is -0.436. The summed E-state index contributed by atoms with van der Waals surface area (Å²) in [7, 11) is -4.26. The molecule has 0 saturated heterocycles. The van der Waals surface area contributed by atoms with Crippen molar-refractivity contribution in [2.75, 3.05) is 24.0 Å². The average molecular weight is 776 g/mol. The minimum atomic E-state index is -4.26. The van der Waals surface area contributed by atoms with Crippen LogP contribution in [0.5, 0.6) is 5.75 Å². The molecule has 8 nitrogen and oxygen atoms in total. The molecule has 1 N–H and O–H groups in total. The number of hydrogen-bond acceptors (Lipinski definition) is 5. The van der Waals surface area contributed by atoms with E-state index in [9.17, 15) is 18.0 Å². The second-order valence-corrected chi connectivity index (χ2v) is 14.6. The molecule has 0 spiro atoms. The van der Waals surface area contributed by atoms with Gasteiger partial charge in [0.25, 0.3) is 10.0 Å². The molecule has 0 aliphatic rings. The molecule has 0 saturated carbocycles. The van der Waals surface area contributed by atoms with Crippen LogP contribution in [0.25, 0.3) is 0 Å². The quantitative estimate of drug-likeness (QED) is 0.117. The molecule has 0 radical (unpaired) electrons. The predicted molar refractivity (Wildman–Crippen MR) is 195 cm³/mol. The third-order valence-corrected chi connectivity index (χ3v) is 10.6. The van der Waals surface area contributed by atoms with Crippen molar-refractivity contribution < 1.29 is 22.7 Å². The van der Waals surface area contributed by atoms with Crippen LogP contribution in [-0.4, -0.2) is 50.9 Å². The summed E-state index contributed by atoms with van der Waals surface area (Å²) < 4.78 is 35.8. The van der Waals surface area contributed by atoms with E-state index in [1.165, 1.54) is 17.0 Å².